The molecule has 3 heteroatoms. The molecule has 9 rings (SSSR count). The Morgan fingerprint density at radius 2 is 0.523 bits per heavy atom. The molecule has 3 nitrogen and oxygen atoms in total. The molecule has 9 aliphatic carbocycles. The van der Waals surface area contributed by atoms with Crippen molar-refractivity contribution in [2.45, 2.75) is 443 Å². The van der Waals surface area contributed by atoms with Gasteiger partial charge in [-0.1, -0.05) is 374 Å². The largest absolute Gasteiger partial charge is 0.293 e. The highest BCUT2D eigenvalue weighted by molar-refractivity contribution is 6.10. The van der Waals surface area contributed by atoms with Crippen LogP contribution in [-0.4, -0.2) is 17.3 Å². The van der Waals surface area contributed by atoms with Crippen LogP contribution in [0.3, 0.4) is 0 Å². The van der Waals surface area contributed by atoms with Crippen molar-refractivity contribution in [2.75, 3.05) is 0 Å². The Bertz CT molecular complexity index is 3260. The highest BCUT2D eigenvalue weighted by Gasteiger charge is 2.52. The van der Waals surface area contributed by atoms with Crippen molar-refractivity contribution in [3.8, 4) is 0 Å². The molecule has 0 aliphatic heterocycles. The second-order valence-electron chi connectivity index (χ2n) is 36.8. The van der Waals surface area contributed by atoms with Crippen molar-refractivity contribution in [2.24, 2.45) is 28.1 Å². The molecule has 0 amide bonds. The molecular weight excluding hydrogens is 1300 g/mol. The van der Waals surface area contributed by atoms with Gasteiger partial charge in [0.25, 0.3) is 0 Å². The summed E-state index contributed by atoms with van der Waals surface area (Å²) in [5, 5.41) is 0. The number of unbranched alkanes of at least 4 members (excludes halogenated alkanes) is 35. The van der Waals surface area contributed by atoms with Crippen LogP contribution < -0.4 is 0 Å². The van der Waals surface area contributed by atoms with Crippen LogP contribution in [0.15, 0.2) is 162 Å². The first-order chi connectivity index (χ1) is 51.8. The van der Waals surface area contributed by atoms with Gasteiger partial charge in [0.1, 0.15) is 0 Å². The van der Waals surface area contributed by atoms with Crippen LogP contribution in [0.2, 0.25) is 0 Å². The lowest BCUT2D eigenvalue weighted by Gasteiger charge is -2.39. The van der Waals surface area contributed by atoms with E-state index in [2.05, 4.69) is 133 Å². The van der Waals surface area contributed by atoms with Crippen molar-refractivity contribution < 1.29 is 14.4 Å². The van der Waals surface area contributed by atoms with E-state index in [9.17, 15) is 14.4 Å². The molecule has 0 fully saturated rings. The van der Waals surface area contributed by atoms with Gasteiger partial charge in [-0.25, -0.2) is 0 Å². The predicted octanol–water partition coefficient (Wildman–Crippen LogP) is 32.8. The molecule has 0 saturated carbocycles. The van der Waals surface area contributed by atoms with E-state index in [0.717, 1.165) is 125 Å². The molecule has 0 spiro atoms. The number of carbonyl (C=O) groups is 3. The average Bonchev–Trinajstić information content (AvgIpc) is 1.62. The van der Waals surface area contributed by atoms with E-state index in [4.69, 9.17) is 0 Å². The summed E-state index contributed by atoms with van der Waals surface area (Å²) in [6, 6.07) is 0. The summed E-state index contributed by atoms with van der Waals surface area (Å²) in [6.45, 7) is 35.1. The van der Waals surface area contributed by atoms with Crippen LogP contribution in [0.5, 0.6) is 0 Å². The SMILES string of the molecule is C=CCCCCCCC1(CCCCCCC=C)C(=O)C2=C(CC(C)=C2)C2=C1C=C(C)C2.CCCCCCCCCCCCC1(CCC(C)CCCC(C)C)C(=O)C2=C(CC(C)=C2)C2=C1C=C(C)C2.CCCCCCCCCCCCC1(CCCCCCCCCCCC)C(=O)C2=C(CC(C)=C2)C2=C1C=C(C)C2. The zero-order valence-electron chi connectivity index (χ0n) is 72.0. The fraction of sp³-hybridized carbons (Fsp3) is 0.702. The number of hydrogen-bond donors (Lipinski definition) is 0. The summed E-state index contributed by atoms with van der Waals surface area (Å²) in [7, 11) is 0. The molecule has 0 aromatic heterocycles. The number of ketones is 3. The zero-order valence-corrected chi connectivity index (χ0v) is 72.0. The Kier molecular flexibility index (Phi) is 39.9. The third-order valence-electron chi connectivity index (χ3n) is 26.6. The van der Waals surface area contributed by atoms with Gasteiger partial charge in [-0.2, -0.15) is 0 Å². The molecular formula is C104H162O3. The standard InChI is InChI=1S/C38H62O.C36H58O.C30H42O/c1-5-7-9-11-13-15-17-19-21-23-25-38(26-24-22-20-18-16-14-12-10-8-6-2)36-30-32(4)28-34(36)33-27-31(3)29-35(33)37(38)39;1-7-8-9-10-11-12-13-14-15-16-21-36(22-20-28(4)19-17-18-27(2)3)34-26-30(6)24-32(34)31-23-29(5)25-33(31)35(36)37;1-5-7-9-11-13-15-17-30(18-16-14-12-10-8-6-2)28-22-24(4)20-26(28)25-19-23(3)21-27(25)29(30)31/h29-30H,5-28H2,1-4H3;25-28H,7-24H2,1-6H3;5-6,21-22H,1-2,7-20H2,3-4H3. The normalized spacial score (nSPS) is 19.8. The lowest BCUT2D eigenvalue weighted by atomic mass is 9.62. The zero-order chi connectivity index (χ0) is 77.0. The lowest BCUT2D eigenvalue weighted by molar-refractivity contribution is -0.124. The number of hydrogen-bond acceptors (Lipinski definition) is 3. The smallest absolute Gasteiger partial charge is 0.173 e. The maximum absolute atomic E-state index is 14.4. The fourth-order valence-electron chi connectivity index (χ4n) is 20.5. The van der Waals surface area contributed by atoms with E-state index in [0.29, 0.717) is 23.3 Å². The summed E-state index contributed by atoms with van der Waals surface area (Å²) in [5.74, 6) is 2.86. The quantitative estimate of drug-likeness (QED) is 0.0450. The fourth-order valence-corrected chi connectivity index (χ4v) is 20.5. The summed E-state index contributed by atoms with van der Waals surface area (Å²) >= 11 is 0. The monoisotopic (exact) mass is 1460 g/mol. The average molecular weight is 1460 g/mol. The first-order valence-corrected chi connectivity index (χ1v) is 46.2. The van der Waals surface area contributed by atoms with Gasteiger partial charge in [0.15, 0.2) is 17.3 Å². The number of carbonyl (C=O) groups excluding carboxylic acids is 3. The van der Waals surface area contributed by atoms with Gasteiger partial charge in [-0.3, -0.25) is 14.4 Å². The lowest BCUT2D eigenvalue weighted by Crippen LogP contribution is -2.37. The highest BCUT2D eigenvalue weighted by Crippen LogP contribution is 2.59. The molecule has 0 radical (unpaired) electrons. The molecule has 107 heavy (non-hydrogen) atoms. The van der Waals surface area contributed by atoms with E-state index in [1.54, 1.807) is 0 Å². The van der Waals surface area contributed by atoms with Gasteiger partial charge in [-0.05, 0) is 213 Å². The van der Waals surface area contributed by atoms with Gasteiger partial charge < -0.3 is 0 Å². The van der Waals surface area contributed by atoms with Crippen molar-refractivity contribution in [3.05, 3.63) is 162 Å². The molecule has 2 atom stereocenters. The summed E-state index contributed by atoms with van der Waals surface area (Å²) < 4.78 is 0. The second-order valence-corrected chi connectivity index (χ2v) is 36.8. The van der Waals surface area contributed by atoms with Crippen LogP contribution in [0.1, 0.15) is 443 Å². The predicted molar refractivity (Wildman–Crippen MR) is 467 cm³/mol. The second kappa shape index (κ2) is 47.7. The Labute approximate surface area is 660 Å². The van der Waals surface area contributed by atoms with Gasteiger partial charge in [-0.15, -0.1) is 13.2 Å². The minimum absolute atomic E-state index is 0.257. The topological polar surface area (TPSA) is 51.2 Å². The van der Waals surface area contributed by atoms with Crippen LogP contribution in [0.25, 0.3) is 0 Å². The van der Waals surface area contributed by atoms with Crippen LogP contribution in [-0.2, 0) is 14.4 Å². The van der Waals surface area contributed by atoms with Gasteiger partial charge >= 0.3 is 0 Å². The highest BCUT2D eigenvalue weighted by atomic mass is 16.1. The van der Waals surface area contributed by atoms with Crippen molar-refractivity contribution in [3.63, 3.8) is 0 Å². The number of rotatable bonds is 54. The molecule has 0 saturated heterocycles. The van der Waals surface area contributed by atoms with Crippen LogP contribution >= 0.6 is 0 Å². The van der Waals surface area contributed by atoms with E-state index in [-0.39, 0.29) is 16.2 Å². The first-order valence-electron chi connectivity index (χ1n) is 46.2. The molecule has 0 aromatic carbocycles. The molecule has 0 bridgehead atoms. The molecule has 2 unspecified atom stereocenters. The minimum atomic E-state index is -0.288. The van der Waals surface area contributed by atoms with Crippen LogP contribution in [0, 0.1) is 28.1 Å². The maximum Gasteiger partial charge on any atom is 0.173 e. The van der Waals surface area contributed by atoms with E-state index >= 15 is 0 Å². The van der Waals surface area contributed by atoms with E-state index < -0.39 is 0 Å². The number of fused-ring (bicyclic) bond motifs is 3. The molecule has 596 valence electrons. The number of Topliss-reactive ketones (excluding diaryl/α,β-unsaturated/α-hetero) is 3. The van der Waals surface area contributed by atoms with Crippen LogP contribution in [0.4, 0.5) is 0 Å². The van der Waals surface area contributed by atoms with Gasteiger partial charge in [0.05, 0.1) is 16.2 Å². The molecule has 0 heterocycles. The Hall–Kier alpha value is -4.63. The van der Waals surface area contributed by atoms with Crippen molar-refractivity contribution >= 4 is 17.3 Å². The molecule has 9 aliphatic rings. The Balaban J connectivity index is 0.000000225. The van der Waals surface area contributed by atoms with Crippen molar-refractivity contribution in [1.29, 1.82) is 0 Å². The third kappa shape index (κ3) is 26.0. The Morgan fingerprint density at radius 1 is 0.290 bits per heavy atom. The van der Waals surface area contributed by atoms with Gasteiger partial charge in [0, 0.05) is 16.7 Å². The summed E-state index contributed by atoms with van der Waals surface area (Å²) in [6.07, 6.45) is 88.0. The van der Waals surface area contributed by atoms with Gasteiger partial charge in [0.2, 0.25) is 0 Å². The van der Waals surface area contributed by atoms with E-state index in [1.807, 2.05) is 12.2 Å². The van der Waals surface area contributed by atoms with Crippen molar-refractivity contribution in [1.82, 2.24) is 0 Å². The molecule has 0 aromatic rings. The Morgan fingerprint density at radius 3 is 0.785 bits per heavy atom. The van der Waals surface area contributed by atoms with E-state index in [1.165, 1.54) is 340 Å². The maximum atomic E-state index is 14.4. The summed E-state index contributed by atoms with van der Waals surface area (Å²) in [4.78, 5) is 42.8. The number of allylic oxidation sites excluding steroid dienone is 26. The molecule has 0 N–H and O–H groups in total. The first kappa shape index (κ1) is 89.6. The third-order valence-corrected chi connectivity index (χ3v) is 26.6. The minimum Gasteiger partial charge on any atom is -0.293 e. The summed E-state index contributed by atoms with van der Waals surface area (Å²) in [5.41, 5.74) is 23.8.